The molecule has 0 amide bonds. The standard InChI is InChI=1S/C8H6N2O2/c1-5-7-2-6(4-11)12-8(7)3-9-10-5/h2-4H,1H3. The molecule has 0 saturated carbocycles. The van der Waals surface area contributed by atoms with Crippen LogP contribution < -0.4 is 0 Å². The lowest BCUT2D eigenvalue weighted by molar-refractivity contribution is 0.110. The van der Waals surface area contributed by atoms with Crippen LogP contribution in [0.25, 0.3) is 11.0 Å². The van der Waals surface area contributed by atoms with E-state index >= 15 is 0 Å². The molecule has 0 aromatic carbocycles. The number of carbonyl (C=O) groups excluding carboxylic acids is 1. The molecule has 0 bridgehead atoms. The minimum atomic E-state index is 0.308. The Kier molecular flexibility index (Phi) is 1.40. The Labute approximate surface area is 68.2 Å². The normalized spacial score (nSPS) is 10.4. The van der Waals surface area contributed by atoms with Crippen LogP contribution in [0.2, 0.25) is 0 Å². The van der Waals surface area contributed by atoms with E-state index < -0.39 is 0 Å². The number of aryl methyl sites for hydroxylation is 1. The van der Waals surface area contributed by atoms with Crippen molar-refractivity contribution in [3.8, 4) is 0 Å². The third-order valence-corrected chi connectivity index (χ3v) is 1.67. The van der Waals surface area contributed by atoms with Gasteiger partial charge in [-0.1, -0.05) is 0 Å². The van der Waals surface area contributed by atoms with Crippen LogP contribution in [-0.2, 0) is 0 Å². The van der Waals surface area contributed by atoms with E-state index in [4.69, 9.17) is 4.42 Å². The maximum atomic E-state index is 10.4. The summed E-state index contributed by atoms with van der Waals surface area (Å²) in [4.78, 5) is 10.4. The highest BCUT2D eigenvalue weighted by molar-refractivity contribution is 5.85. The molecule has 0 spiro atoms. The topological polar surface area (TPSA) is 56.0 Å². The van der Waals surface area contributed by atoms with E-state index in [1.165, 1.54) is 6.20 Å². The molecule has 0 aliphatic heterocycles. The number of nitrogens with zero attached hydrogens (tertiary/aromatic N) is 2. The average molecular weight is 162 g/mol. The van der Waals surface area contributed by atoms with Crippen molar-refractivity contribution in [1.82, 2.24) is 10.2 Å². The average Bonchev–Trinajstić information content (AvgIpc) is 2.49. The van der Waals surface area contributed by atoms with Crippen molar-refractivity contribution in [2.45, 2.75) is 6.92 Å². The second-order valence-corrected chi connectivity index (χ2v) is 2.47. The molecule has 0 N–H and O–H groups in total. The second-order valence-electron chi connectivity index (χ2n) is 2.47. The van der Waals surface area contributed by atoms with Crippen molar-refractivity contribution in [3.05, 3.63) is 23.7 Å². The van der Waals surface area contributed by atoms with Crippen LogP contribution in [-0.4, -0.2) is 16.5 Å². The van der Waals surface area contributed by atoms with E-state index in [0.717, 1.165) is 11.1 Å². The van der Waals surface area contributed by atoms with Crippen molar-refractivity contribution in [1.29, 1.82) is 0 Å². The molecule has 2 aromatic heterocycles. The first kappa shape index (κ1) is 6.97. The summed E-state index contributed by atoms with van der Waals surface area (Å²) < 4.78 is 5.13. The number of carbonyl (C=O) groups is 1. The third kappa shape index (κ3) is 0.887. The number of aromatic nitrogens is 2. The maximum Gasteiger partial charge on any atom is 0.185 e. The molecule has 0 fully saturated rings. The van der Waals surface area contributed by atoms with E-state index in [2.05, 4.69) is 10.2 Å². The first-order chi connectivity index (χ1) is 5.81. The zero-order chi connectivity index (χ0) is 8.55. The summed E-state index contributed by atoms with van der Waals surface area (Å²) in [6, 6.07) is 1.66. The van der Waals surface area contributed by atoms with Gasteiger partial charge < -0.3 is 4.42 Å². The first-order valence-electron chi connectivity index (χ1n) is 3.48. The van der Waals surface area contributed by atoms with Crippen molar-refractivity contribution in [2.24, 2.45) is 0 Å². The minimum Gasteiger partial charge on any atom is -0.452 e. The fourth-order valence-corrected chi connectivity index (χ4v) is 1.08. The highest BCUT2D eigenvalue weighted by atomic mass is 16.3. The zero-order valence-electron chi connectivity index (χ0n) is 6.44. The number of furan rings is 1. The van der Waals surface area contributed by atoms with Gasteiger partial charge in [-0.2, -0.15) is 10.2 Å². The van der Waals surface area contributed by atoms with E-state index in [1.54, 1.807) is 6.07 Å². The largest absolute Gasteiger partial charge is 0.452 e. The molecule has 2 rings (SSSR count). The summed E-state index contributed by atoms with van der Waals surface area (Å²) in [7, 11) is 0. The summed E-state index contributed by atoms with van der Waals surface area (Å²) >= 11 is 0. The van der Waals surface area contributed by atoms with E-state index in [0.29, 0.717) is 17.6 Å². The van der Waals surface area contributed by atoms with E-state index in [-0.39, 0.29) is 0 Å². The van der Waals surface area contributed by atoms with Gasteiger partial charge >= 0.3 is 0 Å². The van der Waals surface area contributed by atoms with Crippen molar-refractivity contribution in [3.63, 3.8) is 0 Å². The van der Waals surface area contributed by atoms with Crippen molar-refractivity contribution in [2.75, 3.05) is 0 Å². The molecule has 0 radical (unpaired) electrons. The van der Waals surface area contributed by atoms with Crippen LogP contribution in [0.3, 0.4) is 0 Å². The summed E-state index contributed by atoms with van der Waals surface area (Å²) in [6.45, 7) is 1.82. The summed E-state index contributed by atoms with van der Waals surface area (Å²) in [5.74, 6) is 0.308. The molecule has 4 heteroatoms. The van der Waals surface area contributed by atoms with Gasteiger partial charge in [-0.25, -0.2) is 0 Å². The van der Waals surface area contributed by atoms with Gasteiger partial charge in [0.2, 0.25) is 0 Å². The Bertz CT molecular complexity index is 434. The zero-order valence-corrected chi connectivity index (χ0v) is 6.44. The molecule has 0 aliphatic rings. The van der Waals surface area contributed by atoms with Gasteiger partial charge in [0.05, 0.1) is 11.9 Å². The van der Waals surface area contributed by atoms with Gasteiger partial charge in [-0.15, -0.1) is 0 Å². The van der Waals surface area contributed by atoms with Crippen LogP contribution in [0.1, 0.15) is 16.2 Å². The fourth-order valence-electron chi connectivity index (χ4n) is 1.08. The number of aldehydes is 1. The van der Waals surface area contributed by atoms with E-state index in [1.807, 2.05) is 6.92 Å². The van der Waals surface area contributed by atoms with Gasteiger partial charge in [-0.05, 0) is 13.0 Å². The summed E-state index contributed by atoms with van der Waals surface area (Å²) in [6.07, 6.45) is 2.16. The third-order valence-electron chi connectivity index (χ3n) is 1.67. The van der Waals surface area contributed by atoms with Crippen molar-refractivity contribution >= 4 is 17.3 Å². The molecule has 60 valence electrons. The Balaban J connectivity index is 2.82. The van der Waals surface area contributed by atoms with Gasteiger partial charge in [0.25, 0.3) is 0 Å². The quantitative estimate of drug-likeness (QED) is 0.594. The van der Waals surface area contributed by atoms with Gasteiger partial charge in [0, 0.05) is 5.39 Å². The monoisotopic (exact) mass is 162 g/mol. The molecule has 0 unspecified atom stereocenters. The van der Waals surface area contributed by atoms with Crippen LogP contribution in [0.4, 0.5) is 0 Å². The van der Waals surface area contributed by atoms with Crippen LogP contribution in [0.15, 0.2) is 16.7 Å². The molecule has 0 aliphatic carbocycles. The number of hydrogen-bond donors (Lipinski definition) is 0. The Morgan fingerprint density at radius 3 is 3.08 bits per heavy atom. The Morgan fingerprint density at radius 2 is 2.42 bits per heavy atom. The number of hydrogen-bond acceptors (Lipinski definition) is 4. The molecule has 4 nitrogen and oxygen atoms in total. The molecule has 0 saturated heterocycles. The molecule has 2 heterocycles. The summed E-state index contributed by atoms with van der Waals surface area (Å²) in [5.41, 5.74) is 1.37. The smallest absolute Gasteiger partial charge is 0.185 e. The molecule has 12 heavy (non-hydrogen) atoms. The second kappa shape index (κ2) is 2.41. The minimum absolute atomic E-state index is 0.308. The summed E-state index contributed by atoms with van der Waals surface area (Å²) in [5, 5.41) is 8.37. The lowest BCUT2D eigenvalue weighted by atomic mass is 10.3. The van der Waals surface area contributed by atoms with Gasteiger partial charge in [0.15, 0.2) is 17.6 Å². The molecule has 2 aromatic rings. The maximum absolute atomic E-state index is 10.4. The lowest BCUT2D eigenvalue weighted by Crippen LogP contribution is -1.83. The molecular formula is C8H6N2O2. The Morgan fingerprint density at radius 1 is 1.58 bits per heavy atom. The first-order valence-corrected chi connectivity index (χ1v) is 3.48. The van der Waals surface area contributed by atoms with Crippen molar-refractivity contribution < 1.29 is 9.21 Å². The SMILES string of the molecule is Cc1nncc2oc(C=O)cc12. The predicted molar refractivity (Wildman–Crippen MR) is 41.9 cm³/mol. The molecular weight excluding hydrogens is 156 g/mol. The Hall–Kier alpha value is -1.71. The molecule has 0 atom stereocenters. The fraction of sp³-hybridized carbons (Fsp3) is 0.125. The van der Waals surface area contributed by atoms with Crippen LogP contribution in [0, 0.1) is 6.92 Å². The highest BCUT2D eigenvalue weighted by Crippen LogP contribution is 2.18. The number of fused-ring (bicyclic) bond motifs is 1. The highest BCUT2D eigenvalue weighted by Gasteiger charge is 2.05. The van der Waals surface area contributed by atoms with Crippen LogP contribution >= 0.6 is 0 Å². The van der Waals surface area contributed by atoms with Gasteiger partial charge in [0.1, 0.15) is 0 Å². The van der Waals surface area contributed by atoms with E-state index in [9.17, 15) is 4.79 Å². The van der Waals surface area contributed by atoms with Crippen LogP contribution in [0.5, 0.6) is 0 Å². The predicted octanol–water partition coefficient (Wildman–Crippen LogP) is 1.34. The van der Waals surface area contributed by atoms with Gasteiger partial charge in [-0.3, -0.25) is 4.79 Å². The lowest BCUT2D eigenvalue weighted by Gasteiger charge is -1.88. The number of rotatable bonds is 1.